The number of para-hydroxylation sites is 1. The molecule has 0 aliphatic heterocycles. The van der Waals surface area contributed by atoms with Gasteiger partial charge in [0.15, 0.2) is 0 Å². The van der Waals surface area contributed by atoms with Gasteiger partial charge in [-0.25, -0.2) is 0 Å². The number of anilines is 2. The molecule has 0 aliphatic rings. The summed E-state index contributed by atoms with van der Waals surface area (Å²) < 4.78 is 5.37. The second-order valence-corrected chi connectivity index (χ2v) is 6.24. The summed E-state index contributed by atoms with van der Waals surface area (Å²) in [4.78, 5) is 26.1. The molecule has 6 heteroatoms. The van der Waals surface area contributed by atoms with Gasteiger partial charge >= 0.3 is 0 Å². The van der Waals surface area contributed by atoms with Gasteiger partial charge in [0.05, 0.1) is 19.7 Å². The van der Waals surface area contributed by atoms with Crippen molar-refractivity contribution in [3.63, 3.8) is 0 Å². The summed E-state index contributed by atoms with van der Waals surface area (Å²) in [6, 6.07) is 14.9. The topological polar surface area (TPSA) is 70.7 Å². The number of hydrogen-bond donors (Lipinski definition) is 2. The van der Waals surface area contributed by atoms with Crippen LogP contribution in [0.3, 0.4) is 0 Å². The quantitative estimate of drug-likeness (QED) is 0.712. The molecule has 0 fully saturated rings. The third-order valence-electron chi connectivity index (χ3n) is 3.95. The Morgan fingerprint density at radius 2 is 1.56 bits per heavy atom. The van der Waals surface area contributed by atoms with Gasteiger partial charge in [-0.15, -0.1) is 0 Å². The third-order valence-corrected chi connectivity index (χ3v) is 3.95. The molecule has 0 saturated carbocycles. The first-order chi connectivity index (χ1) is 13.0. The van der Waals surface area contributed by atoms with Gasteiger partial charge in [-0.05, 0) is 56.3 Å². The largest absolute Gasteiger partial charge is 0.494 e. The Hall–Kier alpha value is -2.86. The van der Waals surface area contributed by atoms with Crippen LogP contribution in [-0.4, -0.2) is 43.5 Å². The van der Waals surface area contributed by atoms with Crippen molar-refractivity contribution in [2.45, 2.75) is 20.3 Å². The zero-order chi connectivity index (χ0) is 19.6. The molecule has 0 atom stereocenters. The zero-order valence-corrected chi connectivity index (χ0v) is 16.1. The summed E-state index contributed by atoms with van der Waals surface area (Å²) in [7, 11) is 1.74. The molecule has 2 aromatic rings. The van der Waals surface area contributed by atoms with Crippen LogP contribution in [0.25, 0.3) is 0 Å². The molecular weight excluding hydrogens is 342 g/mol. The van der Waals surface area contributed by atoms with Crippen molar-refractivity contribution >= 4 is 23.2 Å². The molecule has 2 rings (SSSR count). The lowest BCUT2D eigenvalue weighted by molar-refractivity contribution is -0.119. The van der Waals surface area contributed by atoms with Crippen molar-refractivity contribution in [1.82, 2.24) is 4.90 Å². The molecule has 2 amide bonds. The number of carbonyl (C=O) groups excluding carboxylic acids is 2. The number of benzene rings is 2. The van der Waals surface area contributed by atoms with Crippen LogP contribution in [0.15, 0.2) is 48.5 Å². The van der Waals surface area contributed by atoms with Crippen LogP contribution in [0.1, 0.15) is 19.4 Å². The summed E-state index contributed by atoms with van der Waals surface area (Å²) in [6.45, 7) is 4.82. The summed E-state index contributed by atoms with van der Waals surface area (Å²) in [6.07, 6.45) is 0.844. The van der Waals surface area contributed by atoms with Gasteiger partial charge < -0.3 is 15.4 Å². The molecule has 0 unspecified atom stereocenters. The zero-order valence-electron chi connectivity index (χ0n) is 16.1. The van der Waals surface area contributed by atoms with E-state index in [0.717, 1.165) is 23.4 Å². The number of amides is 2. The van der Waals surface area contributed by atoms with Crippen LogP contribution in [0.2, 0.25) is 0 Å². The fraction of sp³-hybridized carbons (Fsp3) is 0.333. The van der Waals surface area contributed by atoms with Crippen molar-refractivity contribution in [2.24, 2.45) is 0 Å². The maximum absolute atomic E-state index is 12.2. The Kier molecular flexibility index (Phi) is 7.82. The van der Waals surface area contributed by atoms with E-state index in [9.17, 15) is 9.59 Å². The lowest BCUT2D eigenvalue weighted by Crippen LogP contribution is -2.36. The van der Waals surface area contributed by atoms with E-state index in [-0.39, 0.29) is 24.9 Å². The van der Waals surface area contributed by atoms with E-state index in [1.165, 1.54) is 0 Å². The van der Waals surface area contributed by atoms with Crippen LogP contribution in [0.5, 0.6) is 5.75 Å². The number of rotatable bonds is 9. The predicted octanol–water partition coefficient (Wildman–Crippen LogP) is 3.16. The van der Waals surface area contributed by atoms with Gasteiger partial charge in [0, 0.05) is 11.4 Å². The number of nitrogens with one attached hydrogen (secondary N) is 2. The minimum absolute atomic E-state index is 0.121. The molecule has 144 valence electrons. The number of ether oxygens (including phenoxy) is 1. The summed E-state index contributed by atoms with van der Waals surface area (Å²) in [5.74, 6) is 0.437. The molecule has 0 radical (unpaired) electrons. The molecule has 0 saturated heterocycles. The Labute approximate surface area is 160 Å². The standard InChI is InChI=1S/C21H27N3O3/c1-4-16-8-6-7-9-19(16)23-21(26)15-24(3)14-20(25)22-17-10-12-18(13-11-17)27-5-2/h6-13H,4-5,14-15H2,1-3H3,(H,22,25)(H,23,26). The molecule has 2 aromatic carbocycles. The van der Waals surface area contributed by atoms with Gasteiger partial charge in [-0.3, -0.25) is 14.5 Å². The average molecular weight is 369 g/mol. The van der Waals surface area contributed by atoms with Crippen molar-refractivity contribution in [3.8, 4) is 5.75 Å². The lowest BCUT2D eigenvalue weighted by Gasteiger charge is -2.17. The van der Waals surface area contributed by atoms with E-state index in [1.807, 2.05) is 38.1 Å². The first kappa shape index (κ1) is 20.5. The SMILES string of the molecule is CCOc1ccc(NC(=O)CN(C)CC(=O)Nc2ccccc2CC)cc1. The highest BCUT2D eigenvalue weighted by molar-refractivity contribution is 5.95. The maximum Gasteiger partial charge on any atom is 0.238 e. The van der Waals surface area contributed by atoms with Gasteiger partial charge in [0.2, 0.25) is 11.8 Å². The second kappa shape index (κ2) is 10.3. The van der Waals surface area contributed by atoms with Crippen LogP contribution < -0.4 is 15.4 Å². The number of aryl methyl sites for hydroxylation is 1. The van der Waals surface area contributed by atoms with Crippen molar-refractivity contribution < 1.29 is 14.3 Å². The fourth-order valence-corrected chi connectivity index (χ4v) is 2.69. The van der Waals surface area contributed by atoms with Crippen LogP contribution >= 0.6 is 0 Å². The van der Waals surface area contributed by atoms with E-state index in [2.05, 4.69) is 10.6 Å². The highest BCUT2D eigenvalue weighted by Crippen LogP contribution is 2.16. The average Bonchev–Trinajstić information content (AvgIpc) is 2.63. The van der Waals surface area contributed by atoms with Crippen LogP contribution in [0, 0.1) is 0 Å². The minimum atomic E-state index is -0.177. The minimum Gasteiger partial charge on any atom is -0.494 e. The highest BCUT2D eigenvalue weighted by atomic mass is 16.5. The monoisotopic (exact) mass is 369 g/mol. The predicted molar refractivity (Wildman–Crippen MR) is 108 cm³/mol. The molecule has 6 nitrogen and oxygen atoms in total. The van der Waals surface area contributed by atoms with E-state index in [4.69, 9.17) is 4.74 Å². The van der Waals surface area contributed by atoms with E-state index >= 15 is 0 Å². The van der Waals surface area contributed by atoms with E-state index in [1.54, 1.807) is 36.2 Å². The molecule has 0 heterocycles. The maximum atomic E-state index is 12.2. The normalized spacial score (nSPS) is 10.5. The Bertz CT molecular complexity index is 760. The second-order valence-electron chi connectivity index (χ2n) is 6.24. The Morgan fingerprint density at radius 1 is 0.926 bits per heavy atom. The summed E-state index contributed by atoms with van der Waals surface area (Å²) in [5, 5.41) is 5.72. The van der Waals surface area contributed by atoms with E-state index < -0.39 is 0 Å². The molecule has 27 heavy (non-hydrogen) atoms. The molecule has 2 N–H and O–H groups in total. The summed E-state index contributed by atoms with van der Waals surface area (Å²) in [5.41, 5.74) is 2.59. The fourth-order valence-electron chi connectivity index (χ4n) is 2.69. The van der Waals surface area contributed by atoms with Crippen molar-refractivity contribution in [1.29, 1.82) is 0 Å². The lowest BCUT2D eigenvalue weighted by atomic mass is 10.1. The van der Waals surface area contributed by atoms with Crippen LogP contribution in [-0.2, 0) is 16.0 Å². The summed E-state index contributed by atoms with van der Waals surface area (Å²) >= 11 is 0. The number of hydrogen-bond acceptors (Lipinski definition) is 4. The molecular formula is C21H27N3O3. The first-order valence-electron chi connectivity index (χ1n) is 9.10. The molecule has 0 bridgehead atoms. The third kappa shape index (κ3) is 6.75. The van der Waals surface area contributed by atoms with Gasteiger partial charge in [0.1, 0.15) is 5.75 Å². The Balaban J connectivity index is 1.81. The Morgan fingerprint density at radius 3 is 2.19 bits per heavy atom. The van der Waals surface area contributed by atoms with Crippen LogP contribution in [0.4, 0.5) is 11.4 Å². The van der Waals surface area contributed by atoms with Gasteiger partial charge in [0.25, 0.3) is 0 Å². The smallest absolute Gasteiger partial charge is 0.238 e. The first-order valence-corrected chi connectivity index (χ1v) is 9.10. The number of likely N-dealkylation sites (N-methyl/N-ethyl adjacent to an activating group) is 1. The van der Waals surface area contributed by atoms with E-state index in [0.29, 0.717) is 12.3 Å². The van der Waals surface area contributed by atoms with Crippen molar-refractivity contribution in [3.05, 3.63) is 54.1 Å². The highest BCUT2D eigenvalue weighted by Gasteiger charge is 2.12. The number of nitrogens with zero attached hydrogens (tertiary/aromatic N) is 1. The van der Waals surface area contributed by atoms with Gasteiger partial charge in [-0.2, -0.15) is 0 Å². The van der Waals surface area contributed by atoms with Crippen molar-refractivity contribution in [2.75, 3.05) is 37.4 Å². The molecule has 0 aromatic heterocycles. The number of carbonyl (C=O) groups is 2. The molecule has 0 aliphatic carbocycles. The molecule has 0 spiro atoms. The van der Waals surface area contributed by atoms with Gasteiger partial charge in [-0.1, -0.05) is 25.1 Å².